The Hall–Kier alpha value is -4.21. The van der Waals surface area contributed by atoms with Gasteiger partial charge in [0.1, 0.15) is 11.8 Å². The minimum absolute atomic E-state index is 0.00903. The highest BCUT2D eigenvalue weighted by molar-refractivity contribution is 7.92. The number of benzene rings is 2. The number of aromatic nitrogens is 4. The van der Waals surface area contributed by atoms with Crippen LogP contribution in [0.2, 0.25) is 0 Å². The van der Waals surface area contributed by atoms with E-state index in [1.165, 1.54) is 24.3 Å². The molecule has 2 aromatic carbocycles. The number of hydrogen-bond acceptors (Lipinski definition) is 7. The average molecular weight is 519 g/mol. The number of H-pyrrole nitrogens is 1. The fraction of sp³-hybridized carbons (Fsp3) is 0.280. The fourth-order valence-corrected chi connectivity index (χ4v) is 5.57. The van der Waals surface area contributed by atoms with Gasteiger partial charge in [0.2, 0.25) is 0 Å². The summed E-state index contributed by atoms with van der Waals surface area (Å²) < 4.78 is 30.5. The summed E-state index contributed by atoms with van der Waals surface area (Å²) >= 11 is 0. The second-order valence-electron chi connectivity index (χ2n) is 8.98. The van der Waals surface area contributed by atoms with E-state index in [0.717, 1.165) is 31.5 Å². The summed E-state index contributed by atoms with van der Waals surface area (Å²) in [6, 6.07) is 11.5. The Morgan fingerprint density at radius 1 is 1.19 bits per heavy atom. The topological polar surface area (TPSA) is 158 Å². The molecule has 0 aliphatic carbocycles. The third-order valence-corrected chi connectivity index (χ3v) is 7.89. The zero-order valence-electron chi connectivity index (χ0n) is 20.2. The number of fused-ring (bicyclic) bond motifs is 1. The van der Waals surface area contributed by atoms with Gasteiger partial charge in [0.15, 0.2) is 0 Å². The highest BCUT2D eigenvalue weighted by Crippen LogP contribution is 2.30. The fourth-order valence-electron chi connectivity index (χ4n) is 4.50. The molecule has 0 saturated carbocycles. The van der Waals surface area contributed by atoms with Crippen LogP contribution in [-0.4, -0.2) is 47.4 Å². The van der Waals surface area contributed by atoms with Crippen LogP contribution in [0.5, 0.6) is 0 Å². The predicted octanol–water partition coefficient (Wildman–Crippen LogP) is 2.59. The first-order valence-electron chi connectivity index (χ1n) is 11.9. The Kier molecular flexibility index (Phi) is 6.64. The highest BCUT2D eigenvalue weighted by Gasteiger charge is 2.19. The number of amides is 1. The Balaban J connectivity index is 1.24. The zero-order valence-corrected chi connectivity index (χ0v) is 21.0. The molecule has 1 aliphatic heterocycles. The van der Waals surface area contributed by atoms with Crippen molar-refractivity contribution in [2.75, 3.05) is 17.8 Å². The molecule has 4 N–H and O–H groups in total. The lowest BCUT2D eigenvalue weighted by Gasteiger charge is -2.22. The number of piperidine rings is 1. The number of rotatable bonds is 7. The molecule has 4 aromatic rings. The van der Waals surface area contributed by atoms with E-state index in [2.05, 4.69) is 36.7 Å². The van der Waals surface area contributed by atoms with Gasteiger partial charge in [0, 0.05) is 17.1 Å². The van der Waals surface area contributed by atoms with Gasteiger partial charge in [-0.1, -0.05) is 11.3 Å². The summed E-state index contributed by atoms with van der Waals surface area (Å²) in [6.07, 6.45) is 5.38. The van der Waals surface area contributed by atoms with Crippen LogP contribution in [0.4, 0.5) is 5.69 Å². The molecule has 0 unspecified atom stereocenters. The molecule has 37 heavy (non-hydrogen) atoms. The van der Waals surface area contributed by atoms with Gasteiger partial charge in [0.25, 0.3) is 15.9 Å². The summed E-state index contributed by atoms with van der Waals surface area (Å²) in [5.41, 5.74) is 3.15. The summed E-state index contributed by atoms with van der Waals surface area (Å²) in [5, 5.41) is 24.5. The number of aromatic amines is 1. The zero-order chi connectivity index (χ0) is 26.0. The monoisotopic (exact) mass is 518 g/mol. The number of sulfonamides is 1. The quantitative estimate of drug-likeness (QED) is 0.293. The lowest BCUT2D eigenvalue weighted by Crippen LogP contribution is -2.29. The van der Waals surface area contributed by atoms with Crippen LogP contribution < -0.4 is 15.4 Å². The molecule has 0 atom stereocenters. The SMILES string of the molecule is Cc1ccc(NS(=O)(=O)c2ccc(C(=O)NCc3cn(C4CCNCC4)nn3)cc2)c2[nH]cc(C#N)c12. The molecule has 3 heterocycles. The number of nitriles is 1. The van der Waals surface area contributed by atoms with Crippen molar-refractivity contribution in [3.8, 4) is 6.07 Å². The lowest BCUT2D eigenvalue weighted by atomic mass is 10.1. The van der Waals surface area contributed by atoms with Crippen molar-refractivity contribution in [2.45, 2.75) is 37.2 Å². The number of nitrogens with one attached hydrogen (secondary N) is 4. The number of carbonyl (C=O) groups excluding carboxylic acids is 1. The van der Waals surface area contributed by atoms with Gasteiger partial charge in [-0.3, -0.25) is 9.52 Å². The Labute approximate surface area is 213 Å². The van der Waals surface area contributed by atoms with Crippen LogP contribution in [0.15, 0.2) is 53.7 Å². The molecule has 1 fully saturated rings. The van der Waals surface area contributed by atoms with Crippen LogP contribution in [0.1, 0.15) is 46.1 Å². The van der Waals surface area contributed by atoms with Crippen LogP contribution in [0, 0.1) is 18.3 Å². The molecule has 1 saturated heterocycles. The molecular weight excluding hydrogens is 492 g/mol. The van der Waals surface area contributed by atoms with E-state index in [9.17, 15) is 18.5 Å². The van der Waals surface area contributed by atoms with Crippen LogP contribution in [-0.2, 0) is 16.6 Å². The molecule has 2 aromatic heterocycles. The summed E-state index contributed by atoms with van der Waals surface area (Å²) in [5.74, 6) is -0.344. The standard InChI is InChI=1S/C25H26N8O3S/c1-16-2-7-22(24-23(16)18(12-26)13-28-24)31-37(35,36)21-5-3-17(4-6-21)25(34)29-14-19-15-33(32-30-19)20-8-10-27-11-9-20/h2-7,13,15,20,27-28,31H,8-11,14H2,1H3,(H,29,34). The van der Waals surface area contributed by atoms with Crippen molar-refractivity contribution in [3.05, 3.63) is 71.2 Å². The molecule has 0 bridgehead atoms. The van der Waals surface area contributed by atoms with Gasteiger partial charge in [-0.05, 0) is 68.8 Å². The predicted molar refractivity (Wildman–Crippen MR) is 137 cm³/mol. The molecule has 5 rings (SSSR count). The first-order chi connectivity index (χ1) is 17.9. The first-order valence-corrected chi connectivity index (χ1v) is 13.4. The second-order valence-corrected chi connectivity index (χ2v) is 10.7. The third-order valence-electron chi connectivity index (χ3n) is 6.51. The van der Waals surface area contributed by atoms with E-state index < -0.39 is 10.0 Å². The number of anilines is 1. The smallest absolute Gasteiger partial charge is 0.261 e. The Morgan fingerprint density at radius 2 is 1.95 bits per heavy atom. The average Bonchev–Trinajstić information content (AvgIpc) is 3.57. The highest BCUT2D eigenvalue weighted by atomic mass is 32.2. The van der Waals surface area contributed by atoms with E-state index in [1.807, 2.05) is 17.8 Å². The van der Waals surface area contributed by atoms with Gasteiger partial charge in [-0.2, -0.15) is 5.26 Å². The third kappa shape index (κ3) is 5.04. The summed E-state index contributed by atoms with van der Waals surface area (Å²) in [6.45, 7) is 3.97. The van der Waals surface area contributed by atoms with Crippen molar-refractivity contribution in [2.24, 2.45) is 0 Å². The largest absolute Gasteiger partial charge is 0.358 e. The van der Waals surface area contributed by atoms with Crippen LogP contribution in [0.3, 0.4) is 0 Å². The van der Waals surface area contributed by atoms with Crippen molar-refractivity contribution < 1.29 is 13.2 Å². The number of nitrogens with zero attached hydrogens (tertiary/aromatic N) is 4. The van der Waals surface area contributed by atoms with Crippen LogP contribution >= 0.6 is 0 Å². The molecular formula is C25H26N8O3S. The van der Waals surface area contributed by atoms with Crippen molar-refractivity contribution >= 4 is 32.5 Å². The van der Waals surface area contributed by atoms with E-state index in [1.54, 1.807) is 18.3 Å². The number of carbonyl (C=O) groups is 1. The Morgan fingerprint density at radius 3 is 2.68 bits per heavy atom. The van der Waals surface area contributed by atoms with Crippen molar-refractivity contribution in [1.29, 1.82) is 5.26 Å². The van der Waals surface area contributed by atoms with Gasteiger partial charge >= 0.3 is 0 Å². The summed E-state index contributed by atoms with van der Waals surface area (Å²) in [7, 11) is -3.93. The van der Waals surface area contributed by atoms with Gasteiger partial charge < -0.3 is 15.6 Å². The number of aryl methyl sites for hydroxylation is 1. The normalized spacial score (nSPS) is 14.4. The maximum atomic E-state index is 13.0. The first kappa shape index (κ1) is 24.5. The van der Waals surface area contributed by atoms with E-state index in [0.29, 0.717) is 39.5 Å². The second kappa shape index (κ2) is 10.0. The van der Waals surface area contributed by atoms with Crippen molar-refractivity contribution in [3.63, 3.8) is 0 Å². The minimum atomic E-state index is -3.93. The number of hydrogen-bond donors (Lipinski definition) is 4. The minimum Gasteiger partial charge on any atom is -0.358 e. The van der Waals surface area contributed by atoms with Gasteiger partial charge in [-0.15, -0.1) is 5.10 Å². The van der Waals surface area contributed by atoms with E-state index in [4.69, 9.17) is 0 Å². The van der Waals surface area contributed by atoms with Crippen molar-refractivity contribution in [1.82, 2.24) is 30.6 Å². The molecule has 1 amide bonds. The van der Waals surface area contributed by atoms with Gasteiger partial charge in [-0.25, -0.2) is 13.1 Å². The molecule has 1 aliphatic rings. The Bertz CT molecular complexity index is 1590. The molecule has 11 nitrogen and oxygen atoms in total. The van der Waals surface area contributed by atoms with Crippen LogP contribution in [0.25, 0.3) is 10.9 Å². The molecule has 0 spiro atoms. The molecule has 12 heteroatoms. The van der Waals surface area contributed by atoms with E-state index >= 15 is 0 Å². The van der Waals surface area contributed by atoms with E-state index in [-0.39, 0.29) is 17.3 Å². The molecule has 190 valence electrons. The maximum Gasteiger partial charge on any atom is 0.261 e. The lowest BCUT2D eigenvalue weighted by molar-refractivity contribution is 0.0950. The van der Waals surface area contributed by atoms with Gasteiger partial charge in [0.05, 0.1) is 40.4 Å². The summed E-state index contributed by atoms with van der Waals surface area (Å²) in [4.78, 5) is 15.6. The molecule has 0 radical (unpaired) electrons. The maximum absolute atomic E-state index is 13.0.